The van der Waals surface area contributed by atoms with Crippen LogP contribution in [0.3, 0.4) is 0 Å². The van der Waals surface area contributed by atoms with Crippen molar-refractivity contribution in [3.05, 3.63) is 57.6 Å². The number of benzene rings is 2. The largest absolute Gasteiger partial charge is 0.496 e. The van der Waals surface area contributed by atoms with E-state index in [0.29, 0.717) is 17.3 Å². The van der Waals surface area contributed by atoms with Gasteiger partial charge in [0.05, 0.1) is 23.4 Å². The van der Waals surface area contributed by atoms with Gasteiger partial charge in [0.2, 0.25) is 0 Å². The quantitative estimate of drug-likeness (QED) is 0.821. The summed E-state index contributed by atoms with van der Waals surface area (Å²) in [7, 11) is 3.12. The standard InChI is InChI=1S/C19H18ClF3N2O2/c1-25-8-7-11-3-5-15(17(20)13(11)10-25)24-18(26)12-4-6-16(27-2)14(9-12)19(21,22)23/h3-6,9H,7-8,10H2,1-2H3,(H,24,26). The van der Waals surface area contributed by atoms with Gasteiger partial charge in [-0.05, 0) is 48.9 Å². The Hall–Kier alpha value is -2.25. The molecule has 144 valence electrons. The Morgan fingerprint density at radius 2 is 2.00 bits per heavy atom. The molecule has 3 rings (SSSR count). The molecule has 0 spiro atoms. The highest BCUT2D eigenvalue weighted by Crippen LogP contribution is 2.37. The minimum Gasteiger partial charge on any atom is -0.496 e. The van der Waals surface area contributed by atoms with E-state index in [9.17, 15) is 18.0 Å². The number of alkyl halides is 3. The molecule has 4 nitrogen and oxygen atoms in total. The Kier molecular flexibility index (Phi) is 5.35. The fraction of sp³-hybridized carbons (Fsp3) is 0.316. The number of nitrogens with zero attached hydrogens (tertiary/aromatic N) is 1. The van der Waals surface area contributed by atoms with Gasteiger partial charge in [-0.25, -0.2) is 0 Å². The van der Waals surface area contributed by atoms with Crippen LogP contribution in [0.2, 0.25) is 5.02 Å². The van der Waals surface area contributed by atoms with Gasteiger partial charge in [-0.3, -0.25) is 4.79 Å². The minimum absolute atomic E-state index is 0.131. The summed E-state index contributed by atoms with van der Waals surface area (Å²) in [6.45, 7) is 1.57. The fourth-order valence-corrected chi connectivity index (χ4v) is 3.38. The highest BCUT2D eigenvalue weighted by molar-refractivity contribution is 6.34. The summed E-state index contributed by atoms with van der Waals surface area (Å²) in [6.07, 6.45) is -3.77. The maximum atomic E-state index is 13.2. The number of halogens is 4. The van der Waals surface area contributed by atoms with Gasteiger partial charge < -0.3 is 15.0 Å². The van der Waals surface area contributed by atoms with E-state index in [1.807, 2.05) is 13.1 Å². The van der Waals surface area contributed by atoms with E-state index in [4.69, 9.17) is 16.3 Å². The highest BCUT2D eigenvalue weighted by atomic mass is 35.5. The smallest absolute Gasteiger partial charge is 0.419 e. The molecule has 1 amide bonds. The zero-order valence-electron chi connectivity index (χ0n) is 14.8. The van der Waals surface area contributed by atoms with Crippen LogP contribution in [0, 0.1) is 0 Å². The molecular formula is C19H18ClF3N2O2. The predicted octanol–water partition coefficient (Wildman–Crippen LogP) is 4.61. The number of likely N-dealkylation sites (N-methyl/N-ethyl adjacent to an activating group) is 1. The Morgan fingerprint density at radius 1 is 1.26 bits per heavy atom. The molecule has 0 bridgehead atoms. The molecule has 8 heteroatoms. The van der Waals surface area contributed by atoms with Crippen molar-refractivity contribution in [2.45, 2.75) is 19.1 Å². The molecule has 1 aliphatic heterocycles. The fourth-order valence-electron chi connectivity index (χ4n) is 3.09. The third kappa shape index (κ3) is 4.04. The molecule has 1 N–H and O–H groups in total. The van der Waals surface area contributed by atoms with Gasteiger partial charge in [0, 0.05) is 18.7 Å². The summed E-state index contributed by atoms with van der Waals surface area (Å²) in [5.41, 5.74) is 1.28. The Balaban J connectivity index is 1.89. The Morgan fingerprint density at radius 3 is 2.67 bits per heavy atom. The van der Waals surface area contributed by atoms with Gasteiger partial charge in [-0.1, -0.05) is 17.7 Å². The monoisotopic (exact) mass is 398 g/mol. The number of ether oxygens (including phenoxy) is 1. The van der Waals surface area contributed by atoms with Crippen LogP contribution in [0.5, 0.6) is 5.75 Å². The molecule has 1 heterocycles. The topological polar surface area (TPSA) is 41.6 Å². The first-order chi connectivity index (χ1) is 12.7. The summed E-state index contributed by atoms with van der Waals surface area (Å²) >= 11 is 6.43. The lowest BCUT2D eigenvalue weighted by Crippen LogP contribution is -2.27. The van der Waals surface area contributed by atoms with Crippen LogP contribution in [0.1, 0.15) is 27.0 Å². The average Bonchev–Trinajstić information content (AvgIpc) is 2.63. The summed E-state index contributed by atoms with van der Waals surface area (Å²) < 4.78 is 44.2. The minimum atomic E-state index is -4.63. The van der Waals surface area contributed by atoms with Crippen molar-refractivity contribution in [2.75, 3.05) is 26.0 Å². The van der Waals surface area contributed by atoms with Gasteiger partial charge in [0.1, 0.15) is 5.75 Å². The van der Waals surface area contributed by atoms with E-state index in [1.54, 1.807) is 6.07 Å². The molecule has 0 unspecified atom stereocenters. The Bertz CT molecular complexity index is 884. The zero-order valence-corrected chi connectivity index (χ0v) is 15.5. The van der Waals surface area contributed by atoms with Crippen LogP contribution >= 0.6 is 11.6 Å². The molecule has 0 radical (unpaired) electrons. The summed E-state index contributed by atoms with van der Waals surface area (Å²) in [6, 6.07) is 6.75. The molecule has 0 saturated heterocycles. The summed E-state index contributed by atoms with van der Waals surface area (Å²) in [4.78, 5) is 14.6. The molecule has 0 fully saturated rings. The lowest BCUT2D eigenvalue weighted by molar-refractivity contribution is -0.138. The second-order valence-corrected chi connectivity index (χ2v) is 6.80. The molecule has 0 atom stereocenters. The van der Waals surface area contributed by atoms with Gasteiger partial charge in [-0.2, -0.15) is 13.2 Å². The van der Waals surface area contributed by atoms with Crippen LogP contribution < -0.4 is 10.1 Å². The number of anilines is 1. The van der Waals surface area contributed by atoms with E-state index in [2.05, 4.69) is 10.2 Å². The number of amides is 1. The second kappa shape index (κ2) is 7.40. The third-order valence-corrected chi connectivity index (χ3v) is 4.98. The third-order valence-electron chi connectivity index (χ3n) is 4.55. The van der Waals surface area contributed by atoms with Crippen molar-refractivity contribution in [1.82, 2.24) is 4.90 Å². The van der Waals surface area contributed by atoms with Crippen molar-refractivity contribution >= 4 is 23.2 Å². The lowest BCUT2D eigenvalue weighted by atomic mass is 9.99. The van der Waals surface area contributed by atoms with Crippen molar-refractivity contribution in [1.29, 1.82) is 0 Å². The molecule has 2 aromatic carbocycles. The molecular weight excluding hydrogens is 381 g/mol. The number of hydrogen-bond acceptors (Lipinski definition) is 3. The Labute approximate surface area is 159 Å². The van der Waals surface area contributed by atoms with Crippen LogP contribution in [0.4, 0.5) is 18.9 Å². The van der Waals surface area contributed by atoms with E-state index < -0.39 is 17.6 Å². The number of fused-ring (bicyclic) bond motifs is 1. The average molecular weight is 399 g/mol. The van der Waals surface area contributed by atoms with Gasteiger partial charge >= 0.3 is 6.18 Å². The number of hydrogen-bond donors (Lipinski definition) is 1. The van der Waals surface area contributed by atoms with E-state index in [-0.39, 0.29) is 11.3 Å². The van der Waals surface area contributed by atoms with Crippen LogP contribution in [-0.2, 0) is 19.1 Å². The summed E-state index contributed by atoms with van der Waals surface area (Å²) in [5, 5.41) is 3.02. The lowest BCUT2D eigenvalue weighted by Gasteiger charge is -2.26. The maximum Gasteiger partial charge on any atom is 0.419 e. The second-order valence-electron chi connectivity index (χ2n) is 6.42. The molecule has 0 aromatic heterocycles. The first kappa shape index (κ1) is 19.5. The number of rotatable bonds is 3. The van der Waals surface area contributed by atoms with Crippen molar-refractivity contribution in [3.8, 4) is 5.75 Å². The number of carbonyl (C=O) groups is 1. The zero-order chi connectivity index (χ0) is 19.8. The van der Waals surface area contributed by atoms with Crippen LogP contribution in [0.25, 0.3) is 0 Å². The van der Waals surface area contributed by atoms with Gasteiger partial charge in [0.25, 0.3) is 5.91 Å². The van der Waals surface area contributed by atoms with Crippen molar-refractivity contribution < 1.29 is 22.7 Å². The van der Waals surface area contributed by atoms with Crippen LogP contribution in [-0.4, -0.2) is 31.5 Å². The van der Waals surface area contributed by atoms with Gasteiger partial charge in [0.15, 0.2) is 0 Å². The van der Waals surface area contributed by atoms with E-state index in [0.717, 1.165) is 43.3 Å². The first-order valence-corrected chi connectivity index (χ1v) is 8.64. The SMILES string of the molecule is COc1ccc(C(=O)Nc2ccc3c(c2Cl)CN(C)CC3)cc1C(F)(F)F. The first-order valence-electron chi connectivity index (χ1n) is 8.26. The number of methoxy groups -OCH3 is 1. The van der Waals surface area contributed by atoms with Crippen molar-refractivity contribution in [3.63, 3.8) is 0 Å². The van der Waals surface area contributed by atoms with Crippen molar-refractivity contribution in [2.24, 2.45) is 0 Å². The van der Waals surface area contributed by atoms with Crippen LogP contribution in [0.15, 0.2) is 30.3 Å². The normalized spacial score (nSPS) is 14.6. The molecule has 0 saturated carbocycles. The van der Waals surface area contributed by atoms with Gasteiger partial charge in [-0.15, -0.1) is 0 Å². The van der Waals surface area contributed by atoms with E-state index in [1.165, 1.54) is 6.07 Å². The molecule has 0 aliphatic carbocycles. The summed E-state index contributed by atoms with van der Waals surface area (Å²) in [5.74, 6) is -1.01. The predicted molar refractivity (Wildman–Crippen MR) is 97.4 cm³/mol. The maximum absolute atomic E-state index is 13.2. The molecule has 2 aromatic rings. The number of nitrogens with one attached hydrogen (secondary N) is 1. The number of carbonyl (C=O) groups excluding carboxylic acids is 1. The van der Waals surface area contributed by atoms with E-state index >= 15 is 0 Å². The highest BCUT2D eigenvalue weighted by Gasteiger charge is 2.35. The molecule has 27 heavy (non-hydrogen) atoms. The molecule has 1 aliphatic rings.